The molecule has 0 heterocycles. The van der Waals surface area contributed by atoms with Gasteiger partial charge in [0.05, 0.1) is 18.3 Å². The molecular weight excluding hydrogens is 753 g/mol. The van der Waals surface area contributed by atoms with E-state index in [2.05, 4.69) is 95.2 Å². The second kappa shape index (κ2) is 18.8. The fraction of sp³-hybridized carbons (Fsp3) is 0.933. The smallest absolute Gasteiger partial charge is 0.0725 e. The van der Waals surface area contributed by atoms with Crippen LogP contribution in [0.2, 0.25) is 0 Å². The molecule has 0 aromatic heterocycles. The summed E-state index contributed by atoms with van der Waals surface area (Å²) in [5.74, 6) is 11.0. The Hall–Kier alpha value is -0.600. The Morgan fingerprint density at radius 3 is 1.71 bits per heavy atom. The van der Waals surface area contributed by atoms with E-state index in [9.17, 15) is 5.11 Å². The lowest BCUT2D eigenvalue weighted by atomic mass is 9.45. The first-order valence-electron chi connectivity index (χ1n) is 28.2. The molecule has 19 atom stereocenters. The molecule has 1 N–H and O–H groups in total. The van der Waals surface area contributed by atoms with Gasteiger partial charge in [0.25, 0.3) is 0 Å². The first-order valence-corrected chi connectivity index (χ1v) is 28.2. The summed E-state index contributed by atoms with van der Waals surface area (Å²) < 4.78 is 8.07. The topological polar surface area (TPSA) is 29.5 Å². The van der Waals surface area contributed by atoms with Gasteiger partial charge in [-0.25, -0.2) is 0 Å². The minimum absolute atomic E-state index is 0.0343. The Morgan fingerprint density at radius 2 is 1.16 bits per heavy atom. The van der Waals surface area contributed by atoms with Gasteiger partial charge in [-0.3, -0.25) is 0 Å². The quantitative estimate of drug-likeness (QED) is 0.157. The standard InChI is InChI=1S/C60H102O2/c1-13-17-42-37-59(11)43(23-25-45-50-29-27-48(40(7)21-15-19-38(3)4)57(50,9)33-31-52(45)59)36-55(42)62-56-47(18-14-2)54(61)35-44-24-26-46-51-30-28-49(41(8)22-16-20-39(5)6)58(51,10)34-32-53(46)60(44,56)12/h23-24,38-42,45-56,61H,13-22,25-37H2,1-12H3/t40-,41-,42?,45+,46+,47?,48-,49-,50+,51+,52+,53+,54-,55-,56?,57-,58-,59+,60+/m1/s1. The summed E-state index contributed by atoms with van der Waals surface area (Å²) in [4.78, 5) is 0. The van der Waals surface area contributed by atoms with Gasteiger partial charge in [0, 0.05) is 11.3 Å². The van der Waals surface area contributed by atoms with Gasteiger partial charge < -0.3 is 9.84 Å². The van der Waals surface area contributed by atoms with E-state index in [0.717, 1.165) is 90.8 Å². The van der Waals surface area contributed by atoms with Gasteiger partial charge in [-0.2, -0.15) is 0 Å². The number of hydrogen-bond acceptors (Lipinski definition) is 2. The Balaban J connectivity index is 1.03. The van der Waals surface area contributed by atoms with Crippen molar-refractivity contribution >= 4 is 0 Å². The molecule has 354 valence electrons. The molecule has 0 aliphatic heterocycles. The molecule has 8 aliphatic carbocycles. The van der Waals surface area contributed by atoms with Crippen molar-refractivity contribution in [3.05, 3.63) is 23.3 Å². The van der Waals surface area contributed by atoms with Crippen LogP contribution in [0.25, 0.3) is 0 Å². The zero-order valence-electron chi connectivity index (χ0n) is 43.1. The minimum Gasteiger partial charge on any atom is -0.392 e. The highest BCUT2D eigenvalue weighted by Crippen LogP contribution is 2.71. The molecule has 0 radical (unpaired) electrons. The normalized spacial score (nSPS) is 47.1. The largest absolute Gasteiger partial charge is 0.392 e. The van der Waals surface area contributed by atoms with Crippen molar-refractivity contribution in [2.75, 3.05) is 0 Å². The number of hydrogen-bond donors (Lipinski definition) is 1. The molecule has 2 nitrogen and oxygen atoms in total. The zero-order valence-corrected chi connectivity index (χ0v) is 43.1. The maximum absolute atomic E-state index is 12.1. The summed E-state index contributed by atoms with van der Waals surface area (Å²) in [6.07, 6.45) is 36.4. The van der Waals surface area contributed by atoms with E-state index >= 15 is 0 Å². The molecule has 0 aromatic carbocycles. The summed E-state index contributed by atoms with van der Waals surface area (Å²) >= 11 is 0. The van der Waals surface area contributed by atoms with Crippen LogP contribution in [0.5, 0.6) is 0 Å². The minimum atomic E-state index is -0.273. The van der Waals surface area contributed by atoms with Crippen molar-refractivity contribution in [3.63, 3.8) is 0 Å². The molecule has 6 saturated carbocycles. The number of allylic oxidation sites excluding steroid dienone is 2. The maximum Gasteiger partial charge on any atom is 0.0725 e. The molecule has 62 heavy (non-hydrogen) atoms. The van der Waals surface area contributed by atoms with Crippen molar-refractivity contribution in [1.82, 2.24) is 0 Å². The van der Waals surface area contributed by atoms with E-state index in [1.165, 1.54) is 122 Å². The van der Waals surface area contributed by atoms with Crippen molar-refractivity contribution in [1.29, 1.82) is 0 Å². The van der Waals surface area contributed by atoms with Crippen LogP contribution in [0.3, 0.4) is 0 Å². The van der Waals surface area contributed by atoms with Crippen LogP contribution in [-0.2, 0) is 4.74 Å². The molecule has 8 aliphatic rings. The molecule has 0 spiro atoms. The van der Waals surface area contributed by atoms with Gasteiger partial charge in [-0.15, -0.1) is 0 Å². The van der Waals surface area contributed by atoms with E-state index in [1.54, 1.807) is 11.1 Å². The van der Waals surface area contributed by atoms with Crippen LogP contribution >= 0.6 is 0 Å². The molecule has 3 unspecified atom stereocenters. The Bertz CT molecular complexity index is 1570. The fourth-order valence-corrected chi connectivity index (χ4v) is 19.6. The summed E-state index contributed by atoms with van der Waals surface area (Å²) in [6.45, 7) is 30.7. The summed E-state index contributed by atoms with van der Waals surface area (Å²) in [5.41, 5.74) is 4.76. The van der Waals surface area contributed by atoms with Crippen LogP contribution in [0.4, 0.5) is 0 Å². The monoisotopic (exact) mass is 855 g/mol. The number of ether oxygens (including phenoxy) is 1. The van der Waals surface area contributed by atoms with E-state index in [-0.39, 0.29) is 29.6 Å². The first kappa shape index (κ1) is 47.9. The van der Waals surface area contributed by atoms with Gasteiger partial charge in [-0.1, -0.05) is 158 Å². The Kier molecular flexibility index (Phi) is 14.5. The summed E-state index contributed by atoms with van der Waals surface area (Å²) in [5, 5.41) is 12.1. The van der Waals surface area contributed by atoms with Gasteiger partial charge in [0.1, 0.15) is 0 Å². The molecule has 0 saturated heterocycles. The average Bonchev–Trinajstić information content (AvgIpc) is 3.76. The van der Waals surface area contributed by atoms with E-state index in [4.69, 9.17) is 4.74 Å². The average molecular weight is 855 g/mol. The lowest BCUT2D eigenvalue weighted by Gasteiger charge is -2.63. The van der Waals surface area contributed by atoms with E-state index in [0.29, 0.717) is 28.1 Å². The highest BCUT2D eigenvalue weighted by molar-refractivity contribution is 5.31. The lowest BCUT2D eigenvalue weighted by molar-refractivity contribution is -0.195. The van der Waals surface area contributed by atoms with Crippen LogP contribution in [-0.4, -0.2) is 23.4 Å². The van der Waals surface area contributed by atoms with Crippen LogP contribution in [0.1, 0.15) is 231 Å². The van der Waals surface area contributed by atoms with Crippen LogP contribution < -0.4 is 0 Å². The summed E-state index contributed by atoms with van der Waals surface area (Å²) in [7, 11) is 0. The number of aliphatic hydroxyl groups excluding tert-OH is 1. The third kappa shape index (κ3) is 8.28. The zero-order chi connectivity index (χ0) is 44.4. The second-order valence-electron chi connectivity index (χ2n) is 26.7. The molecule has 0 aromatic rings. The molecule has 2 heteroatoms. The van der Waals surface area contributed by atoms with Gasteiger partial charge in [0.2, 0.25) is 0 Å². The Morgan fingerprint density at radius 1 is 0.629 bits per heavy atom. The summed E-state index contributed by atoms with van der Waals surface area (Å²) in [6, 6.07) is 0. The highest BCUT2D eigenvalue weighted by atomic mass is 16.5. The van der Waals surface area contributed by atoms with Gasteiger partial charge >= 0.3 is 0 Å². The lowest BCUT2D eigenvalue weighted by Crippen LogP contribution is -2.61. The number of rotatable bonds is 16. The van der Waals surface area contributed by atoms with E-state index < -0.39 is 0 Å². The first-order chi connectivity index (χ1) is 29.5. The molecule has 8 rings (SSSR count). The number of aliphatic hydroxyl groups is 1. The highest BCUT2D eigenvalue weighted by Gasteiger charge is 2.64. The van der Waals surface area contributed by atoms with E-state index in [1.807, 2.05) is 0 Å². The van der Waals surface area contributed by atoms with Crippen LogP contribution in [0, 0.1) is 105 Å². The molecular formula is C60H102O2. The SMILES string of the molecule is CCCC1C(O[C@@H]2CC3=CC[C@H]4[C@@H]5CC[C@H]([C@H](C)CCCC(C)C)[C@@]5(C)CC[C@@H]4[C@@]3(C)CC2CCC)[C@@]2(C)C(=CC[C@H]3[C@@H]4CC[C@H]([C@H](C)CCCC(C)C)[C@@]4(C)CC[C@@H]32)C[C@H]1O. The fourth-order valence-electron chi connectivity index (χ4n) is 19.6. The maximum atomic E-state index is 12.1. The van der Waals surface area contributed by atoms with Crippen molar-refractivity contribution in [3.8, 4) is 0 Å². The predicted molar refractivity (Wildman–Crippen MR) is 264 cm³/mol. The van der Waals surface area contributed by atoms with Crippen molar-refractivity contribution in [2.45, 2.75) is 249 Å². The van der Waals surface area contributed by atoms with Crippen LogP contribution in [0.15, 0.2) is 23.3 Å². The van der Waals surface area contributed by atoms with Gasteiger partial charge in [0.15, 0.2) is 0 Å². The van der Waals surface area contributed by atoms with Crippen molar-refractivity contribution in [2.24, 2.45) is 105 Å². The predicted octanol–water partition coefficient (Wildman–Crippen LogP) is 16.8. The Labute approximate surface area is 385 Å². The third-order valence-electron chi connectivity index (χ3n) is 22.7. The molecule has 0 bridgehead atoms. The van der Waals surface area contributed by atoms with Gasteiger partial charge in [-0.05, 0) is 189 Å². The molecule has 0 amide bonds. The van der Waals surface area contributed by atoms with Crippen molar-refractivity contribution < 1.29 is 9.84 Å². The third-order valence-corrected chi connectivity index (χ3v) is 22.7. The number of fused-ring (bicyclic) bond motifs is 10. The molecule has 6 fully saturated rings. The second-order valence-corrected chi connectivity index (χ2v) is 26.7.